The molecule has 1 aromatic carbocycles. The first-order valence-corrected chi connectivity index (χ1v) is 5.10. The van der Waals surface area contributed by atoms with E-state index in [1.807, 2.05) is 30.3 Å². The van der Waals surface area contributed by atoms with Crippen LogP contribution in [0, 0.1) is 0 Å². The molecular formula is C13H11NO2. The average molecular weight is 213 g/mol. The lowest BCUT2D eigenvalue weighted by Crippen LogP contribution is -2.09. The number of benzene rings is 1. The van der Waals surface area contributed by atoms with Crippen molar-refractivity contribution in [3.05, 3.63) is 60.2 Å². The van der Waals surface area contributed by atoms with Gasteiger partial charge in [0.25, 0.3) is 0 Å². The molecule has 0 amide bonds. The van der Waals surface area contributed by atoms with Gasteiger partial charge in [-0.1, -0.05) is 18.2 Å². The van der Waals surface area contributed by atoms with Crippen LogP contribution in [-0.2, 0) is 0 Å². The summed E-state index contributed by atoms with van der Waals surface area (Å²) >= 11 is 0. The molecule has 16 heavy (non-hydrogen) atoms. The van der Waals surface area contributed by atoms with E-state index in [0.717, 1.165) is 22.1 Å². The zero-order valence-electron chi connectivity index (χ0n) is 8.59. The lowest BCUT2D eigenvalue weighted by molar-refractivity contribution is 0.561. The van der Waals surface area contributed by atoms with Crippen LogP contribution >= 0.6 is 0 Å². The van der Waals surface area contributed by atoms with Crippen molar-refractivity contribution in [2.75, 3.05) is 0 Å². The zero-order valence-corrected chi connectivity index (χ0v) is 8.59. The van der Waals surface area contributed by atoms with Crippen molar-refractivity contribution in [2.45, 2.75) is 6.04 Å². The molecule has 2 heterocycles. The fourth-order valence-electron chi connectivity index (χ4n) is 1.87. The fraction of sp³-hybridized carbons (Fsp3) is 0.0769. The van der Waals surface area contributed by atoms with Crippen molar-refractivity contribution in [3.63, 3.8) is 0 Å². The minimum Gasteiger partial charge on any atom is -0.472 e. The van der Waals surface area contributed by atoms with Crippen molar-refractivity contribution >= 4 is 11.0 Å². The Bertz CT molecular complexity index is 595. The number of hydrogen-bond acceptors (Lipinski definition) is 3. The third-order valence-electron chi connectivity index (χ3n) is 2.75. The largest absolute Gasteiger partial charge is 0.472 e. The van der Waals surface area contributed by atoms with E-state index in [-0.39, 0.29) is 6.04 Å². The topological polar surface area (TPSA) is 52.3 Å². The number of rotatable bonds is 2. The van der Waals surface area contributed by atoms with Crippen molar-refractivity contribution < 1.29 is 8.83 Å². The van der Waals surface area contributed by atoms with E-state index in [1.54, 1.807) is 18.8 Å². The standard InChI is InChI=1S/C13H11NO2/c14-13(9-5-6-15-7-9)11-8-16-12-4-2-1-3-10(11)12/h1-8,13H,14H2. The average Bonchev–Trinajstić information content (AvgIpc) is 2.98. The predicted octanol–water partition coefficient (Wildman–Crippen LogP) is 3.07. The molecule has 2 aromatic heterocycles. The maximum Gasteiger partial charge on any atom is 0.134 e. The second-order valence-electron chi connectivity index (χ2n) is 3.72. The fourth-order valence-corrected chi connectivity index (χ4v) is 1.87. The number of para-hydroxylation sites is 1. The van der Waals surface area contributed by atoms with E-state index in [2.05, 4.69) is 0 Å². The maximum absolute atomic E-state index is 6.15. The minimum absolute atomic E-state index is 0.206. The first kappa shape index (κ1) is 9.24. The molecule has 0 aliphatic carbocycles. The van der Waals surface area contributed by atoms with Crippen molar-refractivity contribution in [2.24, 2.45) is 5.73 Å². The lowest BCUT2D eigenvalue weighted by atomic mass is 10.0. The Morgan fingerprint density at radius 3 is 2.75 bits per heavy atom. The molecule has 0 saturated heterocycles. The number of nitrogens with two attached hydrogens (primary N) is 1. The molecule has 2 N–H and O–H groups in total. The van der Waals surface area contributed by atoms with Gasteiger partial charge in [-0.05, 0) is 12.1 Å². The summed E-state index contributed by atoms with van der Waals surface area (Å²) in [4.78, 5) is 0. The molecule has 3 rings (SSSR count). The molecule has 1 unspecified atom stereocenters. The van der Waals surface area contributed by atoms with E-state index >= 15 is 0 Å². The number of hydrogen-bond donors (Lipinski definition) is 1. The number of fused-ring (bicyclic) bond motifs is 1. The van der Waals surface area contributed by atoms with Gasteiger partial charge in [0.1, 0.15) is 5.58 Å². The molecule has 0 bridgehead atoms. The summed E-state index contributed by atoms with van der Waals surface area (Å²) < 4.78 is 10.5. The zero-order chi connectivity index (χ0) is 11.0. The molecule has 3 heteroatoms. The van der Waals surface area contributed by atoms with Crippen LogP contribution in [0.3, 0.4) is 0 Å². The van der Waals surface area contributed by atoms with E-state index in [9.17, 15) is 0 Å². The second kappa shape index (κ2) is 3.54. The van der Waals surface area contributed by atoms with E-state index in [0.29, 0.717) is 0 Å². The Morgan fingerprint density at radius 2 is 1.94 bits per heavy atom. The maximum atomic E-state index is 6.15. The highest BCUT2D eigenvalue weighted by Gasteiger charge is 2.15. The Labute approximate surface area is 92.5 Å². The quantitative estimate of drug-likeness (QED) is 0.711. The van der Waals surface area contributed by atoms with Gasteiger partial charge in [0.2, 0.25) is 0 Å². The van der Waals surface area contributed by atoms with Gasteiger partial charge < -0.3 is 14.6 Å². The highest BCUT2D eigenvalue weighted by atomic mass is 16.3. The van der Waals surface area contributed by atoms with Crippen LogP contribution in [-0.4, -0.2) is 0 Å². The third kappa shape index (κ3) is 1.33. The van der Waals surface area contributed by atoms with Gasteiger partial charge in [-0.25, -0.2) is 0 Å². The van der Waals surface area contributed by atoms with Crippen LogP contribution in [0.1, 0.15) is 17.2 Å². The van der Waals surface area contributed by atoms with Crippen LogP contribution in [0.5, 0.6) is 0 Å². The first-order chi connectivity index (χ1) is 7.86. The van der Waals surface area contributed by atoms with Gasteiger partial charge in [0, 0.05) is 16.5 Å². The smallest absolute Gasteiger partial charge is 0.134 e. The second-order valence-corrected chi connectivity index (χ2v) is 3.72. The van der Waals surface area contributed by atoms with E-state index in [4.69, 9.17) is 14.6 Å². The van der Waals surface area contributed by atoms with Crippen molar-refractivity contribution in [3.8, 4) is 0 Å². The Morgan fingerprint density at radius 1 is 1.06 bits per heavy atom. The summed E-state index contributed by atoms with van der Waals surface area (Å²) in [6.45, 7) is 0. The molecule has 0 aliphatic heterocycles. The summed E-state index contributed by atoms with van der Waals surface area (Å²) in [5.41, 5.74) is 8.94. The Hall–Kier alpha value is -2.00. The van der Waals surface area contributed by atoms with Crippen molar-refractivity contribution in [1.29, 1.82) is 0 Å². The van der Waals surface area contributed by atoms with Gasteiger partial charge in [0.15, 0.2) is 0 Å². The summed E-state index contributed by atoms with van der Waals surface area (Å²) in [6.07, 6.45) is 4.99. The predicted molar refractivity (Wildman–Crippen MR) is 61.0 cm³/mol. The summed E-state index contributed by atoms with van der Waals surface area (Å²) in [5, 5.41) is 1.05. The first-order valence-electron chi connectivity index (χ1n) is 5.10. The van der Waals surface area contributed by atoms with Crippen LogP contribution in [0.4, 0.5) is 0 Å². The van der Waals surface area contributed by atoms with E-state index < -0.39 is 0 Å². The highest BCUT2D eigenvalue weighted by molar-refractivity contribution is 5.81. The molecule has 0 saturated carbocycles. The SMILES string of the molecule is NC(c1ccoc1)c1coc2ccccc12. The van der Waals surface area contributed by atoms with Gasteiger partial charge in [-0.15, -0.1) is 0 Å². The minimum atomic E-state index is -0.206. The molecule has 3 aromatic rings. The number of furan rings is 2. The summed E-state index contributed by atoms with van der Waals surface area (Å²) in [7, 11) is 0. The highest BCUT2D eigenvalue weighted by Crippen LogP contribution is 2.28. The molecule has 0 fully saturated rings. The molecule has 3 nitrogen and oxygen atoms in total. The van der Waals surface area contributed by atoms with Crippen LogP contribution in [0.15, 0.2) is 58.0 Å². The van der Waals surface area contributed by atoms with Crippen molar-refractivity contribution in [1.82, 2.24) is 0 Å². The molecule has 0 spiro atoms. The molecular weight excluding hydrogens is 202 g/mol. The molecule has 1 atom stereocenters. The van der Waals surface area contributed by atoms with Gasteiger partial charge in [0.05, 0.1) is 24.8 Å². The molecule has 0 aliphatic rings. The normalized spacial score (nSPS) is 13.1. The Balaban J connectivity index is 2.12. The van der Waals surface area contributed by atoms with Crippen LogP contribution < -0.4 is 5.73 Å². The third-order valence-corrected chi connectivity index (χ3v) is 2.75. The molecule has 80 valence electrons. The Kier molecular flexibility index (Phi) is 2.04. The monoisotopic (exact) mass is 213 g/mol. The van der Waals surface area contributed by atoms with E-state index in [1.165, 1.54) is 0 Å². The van der Waals surface area contributed by atoms with Crippen LogP contribution in [0.2, 0.25) is 0 Å². The lowest BCUT2D eigenvalue weighted by Gasteiger charge is -2.06. The van der Waals surface area contributed by atoms with Gasteiger partial charge in [-0.2, -0.15) is 0 Å². The van der Waals surface area contributed by atoms with Gasteiger partial charge in [-0.3, -0.25) is 0 Å². The van der Waals surface area contributed by atoms with Crippen LogP contribution in [0.25, 0.3) is 11.0 Å². The summed E-state index contributed by atoms with van der Waals surface area (Å²) in [6, 6.07) is 9.52. The van der Waals surface area contributed by atoms with Gasteiger partial charge >= 0.3 is 0 Å². The molecule has 0 radical (unpaired) electrons. The summed E-state index contributed by atoms with van der Waals surface area (Å²) in [5.74, 6) is 0.